The molecule has 1 saturated heterocycles. The van der Waals surface area contributed by atoms with E-state index in [0.717, 1.165) is 51.4 Å². The molecule has 0 aromatic heterocycles. The number of piperidine rings is 1. The van der Waals surface area contributed by atoms with E-state index in [-0.39, 0.29) is 46.8 Å². The van der Waals surface area contributed by atoms with Gasteiger partial charge in [-0.05, 0) is 66.6 Å². The molecule has 0 bridgehead atoms. The number of likely N-dealkylation sites (N-methyl/N-ethyl adjacent to an activating group) is 1. The van der Waals surface area contributed by atoms with E-state index in [2.05, 4.69) is 29.8 Å². The van der Waals surface area contributed by atoms with Gasteiger partial charge in [0.15, 0.2) is 0 Å². The number of Topliss-reactive ketones (excluding diaryl/α,β-unsaturated/α-hetero) is 1. The average molecular weight is 707 g/mol. The summed E-state index contributed by atoms with van der Waals surface area (Å²) in [7, 11) is -1.91. The SMILES string of the molecule is CN(C[C@@H](NC(=O)N[C@H](C(=O)N1C[C@H]2[C@@H]([C@H]1C(=O)NC(CC1CCC1)C(=O)C(N)=O)C2(C)C)C1CCCCC1)C(C)(C)C)S(=O)(=O)C1CC1. The summed E-state index contributed by atoms with van der Waals surface area (Å²) in [4.78, 5) is 68.7. The Balaban J connectivity index is 1.34. The fourth-order valence-corrected chi connectivity index (χ4v) is 10.0. The van der Waals surface area contributed by atoms with Crippen LogP contribution >= 0.6 is 0 Å². The molecule has 4 aliphatic carbocycles. The van der Waals surface area contributed by atoms with E-state index in [1.165, 1.54) is 4.31 Å². The van der Waals surface area contributed by atoms with Crippen LogP contribution in [0.15, 0.2) is 0 Å². The predicted molar refractivity (Wildman–Crippen MR) is 184 cm³/mol. The molecule has 5 aliphatic rings. The minimum absolute atomic E-state index is 0.0826. The summed E-state index contributed by atoms with van der Waals surface area (Å²) >= 11 is 0. The van der Waals surface area contributed by atoms with Crippen molar-refractivity contribution in [1.29, 1.82) is 0 Å². The van der Waals surface area contributed by atoms with Crippen molar-refractivity contribution in [2.45, 2.75) is 135 Å². The molecule has 13 nitrogen and oxygen atoms in total. The molecule has 5 fully saturated rings. The van der Waals surface area contributed by atoms with Crippen LogP contribution in [0.1, 0.15) is 105 Å². The Labute approximate surface area is 291 Å². The number of nitrogens with two attached hydrogens (primary N) is 1. The molecule has 4 saturated carbocycles. The van der Waals surface area contributed by atoms with E-state index in [1.807, 2.05) is 20.8 Å². The summed E-state index contributed by atoms with van der Waals surface area (Å²) < 4.78 is 27.1. The third-order valence-electron chi connectivity index (χ3n) is 12.3. The molecular weight excluding hydrogens is 648 g/mol. The molecule has 0 aromatic carbocycles. The van der Waals surface area contributed by atoms with E-state index < -0.39 is 63.2 Å². The fraction of sp³-hybridized carbons (Fsp3) is 0.857. The molecule has 5 rings (SSSR count). The van der Waals surface area contributed by atoms with E-state index in [0.29, 0.717) is 25.8 Å². The Morgan fingerprint density at radius 3 is 2.08 bits per heavy atom. The maximum atomic E-state index is 14.6. The van der Waals surface area contributed by atoms with Crippen molar-refractivity contribution in [3.63, 3.8) is 0 Å². The number of hydrogen-bond donors (Lipinski definition) is 4. The highest BCUT2D eigenvalue weighted by Gasteiger charge is 2.69. The lowest BCUT2D eigenvalue weighted by atomic mass is 9.80. The topological polar surface area (TPSA) is 188 Å². The summed E-state index contributed by atoms with van der Waals surface area (Å²) in [6.45, 7) is 10.4. The van der Waals surface area contributed by atoms with Crippen LogP contribution < -0.4 is 21.7 Å². The molecule has 6 atom stereocenters. The molecule has 5 amide bonds. The van der Waals surface area contributed by atoms with Gasteiger partial charge < -0.3 is 26.6 Å². The van der Waals surface area contributed by atoms with Crippen LogP contribution in [0.25, 0.3) is 0 Å². The summed E-state index contributed by atoms with van der Waals surface area (Å²) in [5.74, 6) is -2.67. The number of hydrogen-bond acceptors (Lipinski definition) is 7. The number of primary amides is 1. The van der Waals surface area contributed by atoms with Crippen LogP contribution in [0.4, 0.5) is 4.79 Å². The molecule has 0 spiro atoms. The van der Waals surface area contributed by atoms with Crippen molar-refractivity contribution in [3.8, 4) is 0 Å². The smallest absolute Gasteiger partial charge is 0.315 e. The van der Waals surface area contributed by atoms with E-state index in [4.69, 9.17) is 5.73 Å². The number of fused-ring (bicyclic) bond motifs is 1. The number of rotatable bonds is 14. The van der Waals surface area contributed by atoms with Gasteiger partial charge in [0.1, 0.15) is 12.1 Å². The Morgan fingerprint density at radius 1 is 0.918 bits per heavy atom. The summed E-state index contributed by atoms with van der Waals surface area (Å²) in [5.41, 5.74) is 4.69. The Hall–Kier alpha value is -2.74. The van der Waals surface area contributed by atoms with Crippen LogP contribution in [0.3, 0.4) is 0 Å². The maximum absolute atomic E-state index is 14.6. The second-order valence-corrected chi connectivity index (χ2v) is 19.5. The Morgan fingerprint density at radius 2 is 1.55 bits per heavy atom. The lowest BCUT2D eigenvalue weighted by molar-refractivity contribution is -0.144. The standard InChI is InChI=1S/C35H58N6O7S/c1-34(2,3)25(19-40(6)49(47,48)22-15-16-22)38-33(46)39-27(21-13-8-7-9-14-21)32(45)41-18-23-26(35(23,4)5)28(41)31(44)37-24(29(42)30(36)43)17-20-11-10-12-20/h20-28H,7-19H2,1-6H3,(H2,36,43)(H,37,44)(H2,38,39,46)/t23-,24?,25+,26-,27-,28-/m0/s1. The summed E-state index contributed by atoms with van der Waals surface area (Å²) in [6.07, 6.45) is 8.89. The molecule has 14 heteroatoms. The molecular formula is C35H58N6O7S. The van der Waals surface area contributed by atoms with Crippen molar-refractivity contribution < 1.29 is 32.4 Å². The van der Waals surface area contributed by atoms with Gasteiger partial charge in [-0.15, -0.1) is 0 Å². The lowest BCUT2D eigenvalue weighted by Crippen LogP contribution is -2.62. The van der Waals surface area contributed by atoms with Gasteiger partial charge in [0.05, 0.1) is 11.3 Å². The molecule has 0 radical (unpaired) electrons. The third-order valence-corrected chi connectivity index (χ3v) is 14.6. The number of nitrogens with zero attached hydrogens (tertiary/aromatic N) is 2. The van der Waals surface area contributed by atoms with Crippen molar-refractivity contribution in [2.75, 3.05) is 20.1 Å². The van der Waals surface area contributed by atoms with E-state index >= 15 is 0 Å². The number of carbonyl (C=O) groups excluding carboxylic acids is 5. The zero-order valence-corrected chi connectivity index (χ0v) is 30.9. The van der Waals surface area contributed by atoms with Gasteiger partial charge in [-0.2, -0.15) is 0 Å². The fourth-order valence-electron chi connectivity index (χ4n) is 8.42. The first kappa shape index (κ1) is 37.5. The van der Waals surface area contributed by atoms with Gasteiger partial charge >= 0.3 is 6.03 Å². The van der Waals surface area contributed by atoms with Gasteiger partial charge in [-0.25, -0.2) is 17.5 Å². The van der Waals surface area contributed by atoms with Gasteiger partial charge in [-0.3, -0.25) is 19.2 Å². The quantitative estimate of drug-likeness (QED) is 0.200. The first-order chi connectivity index (χ1) is 22.8. The van der Waals surface area contributed by atoms with Gasteiger partial charge in [0.25, 0.3) is 5.91 Å². The molecule has 1 heterocycles. The van der Waals surface area contributed by atoms with Gasteiger partial charge in [0, 0.05) is 26.2 Å². The third kappa shape index (κ3) is 8.10. The zero-order chi connectivity index (χ0) is 36.1. The highest BCUT2D eigenvalue weighted by Crippen LogP contribution is 2.65. The van der Waals surface area contributed by atoms with E-state index in [1.54, 1.807) is 11.9 Å². The summed E-state index contributed by atoms with van der Waals surface area (Å²) in [6, 6.07) is -3.87. The number of sulfonamides is 1. The molecule has 49 heavy (non-hydrogen) atoms. The molecule has 276 valence electrons. The highest BCUT2D eigenvalue weighted by molar-refractivity contribution is 7.90. The molecule has 0 aromatic rings. The van der Waals surface area contributed by atoms with Crippen LogP contribution in [-0.4, -0.2) is 96.7 Å². The number of likely N-dealkylation sites (tertiary alicyclic amines) is 1. The zero-order valence-electron chi connectivity index (χ0n) is 30.1. The van der Waals surface area contributed by atoms with Gasteiger partial charge in [0.2, 0.25) is 27.6 Å². The number of urea groups is 1. The number of carbonyl (C=O) groups is 5. The average Bonchev–Trinajstić information content (AvgIpc) is 3.90. The Kier molecular flexibility index (Phi) is 10.8. The van der Waals surface area contributed by atoms with Crippen molar-refractivity contribution in [1.82, 2.24) is 25.2 Å². The molecule has 5 N–H and O–H groups in total. The normalized spacial score (nSPS) is 27.3. The number of nitrogens with one attached hydrogen (secondary N) is 3. The van der Waals surface area contributed by atoms with Crippen LogP contribution in [0, 0.1) is 34.5 Å². The Bertz CT molecular complexity index is 1410. The first-order valence-corrected chi connectivity index (χ1v) is 19.8. The molecule has 1 unspecified atom stereocenters. The monoisotopic (exact) mass is 706 g/mol. The number of amides is 5. The van der Waals surface area contributed by atoms with Crippen molar-refractivity contribution in [3.05, 3.63) is 0 Å². The van der Waals surface area contributed by atoms with Gasteiger partial charge in [-0.1, -0.05) is 73.1 Å². The minimum Gasteiger partial charge on any atom is -0.363 e. The van der Waals surface area contributed by atoms with Crippen LogP contribution in [-0.2, 0) is 29.2 Å². The highest BCUT2D eigenvalue weighted by atomic mass is 32.2. The van der Waals surface area contributed by atoms with E-state index in [9.17, 15) is 32.4 Å². The second kappa shape index (κ2) is 14.1. The predicted octanol–water partition coefficient (Wildman–Crippen LogP) is 2.29. The molecule has 1 aliphatic heterocycles. The second-order valence-electron chi connectivity index (χ2n) is 17.1. The lowest BCUT2D eigenvalue weighted by Gasteiger charge is -2.38. The maximum Gasteiger partial charge on any atom is 0.315 e. The van der Waals surface area contributed by atoms with Crippen LogP contribution in [0.5, 0.6) is 0 Å². The van der Waals surface area contributed by atoms with Crippen molar-refractivity contribution in [2.24, 2.45) is 40.2 Å². The first-order valence-electron chi connectivity index (χ1n) is 18.3. The summed E-state index contributed by atoms with van der Waals surface area (Å²) in [5, 5.41) is 8.43. The minimum atomic E-state index is -3.45. The largest absolute Gasteiger partial charge is 0.363 e. The number of ketones is 1. The van der Waals surface area contributed by atoms with Crippen LogP contribution in [0.2, 0.25) is 0 Å². The van der Waals surface area contributed by atoms with Crippen molar-refractivity contribution >= 4 is 39.6 Å².